The summed E-state index contributed by atoms with van der Waals surface area (Å²) >= 11 is 0. The van der Waals surface area contributed by atoms with Crippen molar-refractivity contribution in [3.05, 3.63) is 53.2 Å². The maximum atomic E-state index is 13.9. The Bertz CT molecular complexity index is 632. The molecule has 20 heavy (non-hydrogen) atoms. The van der Waals surface area contributed by atoms with Gasteiger partial charge in [-0.25, -0.2) is 14.2 Å². The predicted octanol–water partition coefficient (Wildman–Crippen LogP) is 2.49. The monoisotopic (exact) mass is 275 g/mol. The first-order valence-electron chi connectivity index (χ1n) is 6.18. The molecule has 5 nitrogen and oxygen atoms in total. The van der Waals surface area contributed by atoms with E-state index >= 15 is 0 Å². The Morgan fingerprint density at radius 3 is 2.85 bits per heavy atom. The summed E-state index contributed by atoms with van der Waals surface area (Å²) in [7, 11) is 0. The molecule has 0 fully saturated rings. The van der Waals surface area contributed by atoms with Crippen LogP contribution in [0.1, 0.15) is 28.5 Å². The molecule has 0 saturated heterocycles. The second-order valence-electron chi connectivity index (χ2n) is 4.14. The van der Waals surface area contributed by atoms with Gasteiger partial charge in [0.25, 0.3) is 0 Å². The summed E-state index contributed by atoms with van der Waals surface area (Å²) < 4.78 is 13.9. The van der Waals surface area contributed by atoms with E-state index in [9.17, 15) is 9.18 Å². The van der Waals surface area contributed by atoms with Crippen LogP contribution in [-0.4, -0.2) is 21.0 Å². The quantitative estimate of drug-likeness (QED) is 0.876. The lowest BCUT2D eigenvalue weighted by Crippen LogP contribution is -2.10. The number of carboxylic acids is 1. The first kappa shape index (κ1) is 13.9. The molecule has 0 atom stereocenters. The van der Waals surface area contributed by atoms with Crippen molar-refractivity contribution >= 4 is 11.8 Å². The van der Waals surface area contributed by atoms with E-state index in [4.69, 9.17) is 5.11 Å². The van der Waals surface area contributed by atoms with Gasteiger partial charge in [-0.05, 0) is 24.1 Å². The van der Waals surface area contributed by atoms with E-state index in [1.165, 1.54) is 6.20 Å². The van der Waals surface area contributed by atoms with Crippen molar-refractivity contribution in [2.24, 2.45) is 0 Å². The van der Waals surface area contributed by atoms with E-state index in [1.54, 1.807) is 6.20 Å². The van der Waals surface area contributed by atoms with E-state index in [0.717, 1.165) is 23.7 Å². The number of hydrogen-bond acceptors (Lipinski definition) is 4. The van der Waals surface area contributed by atoms with Gasteiger partial charge < -0.3 is 10.4 Å². The molecule has 0 saturated carbocycles. The third kappa shape index (κ3) is 2.90. The van der Waals surface area contributed by atoms with Gasteiger partial charge in [0.1, 0.15) is 5.56 Å². The van der Waals surface area contributed by atoms with Crippen LogP contribution in [0.15, 0.2) is 30.6 Å². The molecule has 2 N–H and O–H groups in total. The van der Waals surface area contributed by atoms with Crippen LogP contribution in [0.5, 0.6) is 0 Å². The van der Waals surface area contributed by atoms with Crippen LogP contribution in [0.2, 0.25) is 0 Å². The van der Waals surface area contributed by atoms with E-state index in [0.29, 0.717) is 0 Å². The summed E-state index contributed by atoms with van der Waals surface area (Å²) in [6.45, 7) is 2.29. The lowest BCUT2D eigenvalue weighted by atomic mass is 10.1. The lowest BCUT2D eigenvalue weighted by molar-refractivity contribution is 0.0692. The molecule has 104 valence electrons. The molecule has 2 aromatic rings. The Morgan fingerprint density at radius 2 is 2.15 bits per heavy atom. The third-order valence-electron chi connectivity index (χ3n) is 2.91. The maximum absolute atomic E-state index is 13.9. The van der Waals surface area contributed by atoms with Crippen LogP contribution in [0.4, 0.5) is 10.2 Å². The Kier molecular flexibility index (Phi) is 4.24. The first-order valence-corrected chi connectivity index (χ1v) is 6.18. The van der Waals surface area contributed by atoms with E-state index in [-0.39, 0.29) is 12.4 Å². The molecular formula is C14H14FN3O2. The Hall–Kier alpha value is -2.50. The molecule has 6 heteroatoms. The van der Waals surface area contributed by atoms with Crippen molar-refractivity contribution in [3.63, 3.8) is 0 Å². The number of aryl methyl sites for hydroxylation is 1. The van der Waals surface area contributed by atoms with Gasteiger partial charge in [0, 0.05) is 12.4 Å². The van der Waals surface area contributed by atoms with Gasteiger partial charge in [-0.15, -0.1) is 0 Å². The largest absolute Gasteiger partial charge is 0.478 e. The molecule has 0 amide bonds. The van der Waals surface area contributed by atoms with Gasteiger partial charge in [-0.1, -0.05) is 13.0 Å². The molecule has 0 aliphatic rings. The number of anilines is 1. The lowest BCUT2D eigenvalue weighted by Gasteiger charge is -2.10. The summed E-state index contributed by atoms with van der Waals surface area (Å²) in [5.74, 6) is -2.27. The molecule has 2 aromatic heterocycles. The number of nitrogens with one attached hydrogen (secondary N) is 1. The van der Waals surface area contributed by atoms with Crippen molar-refractivity contribution in [2.45, 2.75) is 19.9 Å². The zero-order valence-corrected chi connectivity index (χ0v) is 10.9. The second kappa shape index (κ2) is 6.10. The molecule has 0 aliphatic carbocycles. The number of pyridine rings is 2. The van der Waals surface area contributed by atoms with E-state index < -0.39 is 17.3 Å². The fraction of sp³-hybridized carbons (Fsp3) is 0.214. The highest BCUT2D eigenvalue weighted by molar-refractivity contribution is 5.88. The van der Waals surface area contributed by atoms with Crippen LogP contribution in [-0.2, 0) is 13.0 Å². The van der Waals surface area contributed by atoms with Gasteiger partial charge in [0.2, 0.25) is 0 Å². The van der Waals surface area contributed by atoms with Crippen molar-refractivity contribution in [2.75, 3.05) is 5.32 Å². The molecular weight excluding hydrogens is 261 g/mol. The number of aromatic nitrogens is 2. The summed E-state index contributed by atoms with van der Waals surface area (Å²) in [6.07, 6.45) is 3.73. The average Bonchev–Trinajstić information content (AvgIpc) is 2.46. The first-order chi connectivity index (χ1) is 9.63. The van der Waals surface area contributed by atoms with E-state index in [1.807, 2.05) is 19.1 Å². The molecule has 2 heterocycles. The van der Waals surface area contributed by atoms with Crippen molar-refractivity contribution < 1.29 is 14.3 Å². The molecule has 0 unspecified atom stereocenters. The Morgan fingerprint density at radius 1 is 1.35 bits per heavy atom. The molecule has 0 aromatic carbocycles. The maximum Gasteiger partial charge on any atom is 0.338 e. The van der Waals surface area contributed by atoms with Crippen LogP contribution in [0.3, 0.4) is 0 Å². The molecule has 0 aliphatic heterocycles. The van der Waals surface area contributed by atoms with Gasteiger partial charge in [0.05, 0.1) is 12.2 Å². The standard InChI is InChI=1S/C14H14FN3O2/c1-2-9-4-3-6-16-11(9)8-18-13-12(15)10(14(19)20)5-7-17-13/h3-7H,2,8H2,1H3,(H,17,18)(H,19,20). The zero-order valence-electron chi connectivity index (χ0n) is 10.9. The minimum absolute atomic E-state index is 0.0855. The number of carbonyl (C=O) groups is 1. The van der Waals surface area contributed by atoms with Gasteiger partial charge in [-0.3, -0.25) is 4.98 Å². The van der Waals surface area contributed by atoms with Gasteiger partial charge >= 0.3 is 5.97 Å². The summed E-state index contributed by atoms with van der Waals surface area (Å²) in [4.78, 5) is 18.9. The van der Waals surface area contributed by atoms with Crippen molar-refractivity contribution in [1.82, 2.24) is 9.97 Å². The smallest absolute Gasteiger partial charge is 0.338 e. The van der Waals surface area contributed by atoms with Crippen LogP contribution in [0, 0.1) is 5.82 Å². The van der Waals surface area contributed by atoms with Crippen molar-refractivity contribution in [1.29, 1.82) is 0 Å². The third-order valence-corrected chi connectivity index (χ3v) is 2.91. The number of aromatic carboxylic acids is 1. The number of nitrogens with zero attached hydrogens (tertiary/aromatic N) is 2. The second-order valence-corrected chi connectivity index (χ2v) is 4.14. The topological polar surface area (TPSA) is 75.1 Å². The number of carboxylic acid groups (broad SMARTS) is 1. The summed E-state index contributed by atoms with van der Waals surface area (Å²) in [5.41, 5.74) is 1.44. The Balaban J connectivity index is 2.19. The normalized spacial score (nSPS) is 10.3. The number of hydrogen-bond donors (Lipinski definition) is 2. The summed E-state index contributed by atoms with van der Waals surface area (Å²) in [6, 6.07) is 4.91. The van der Waals surface area contributed by atoms with Crippen LogP contribution < -0.4 is 5.32 Å². The fourth-order valence-electron chi connectivity index (χ4n) is 1.85. The molecule has 2 rings (SSSR count). The van der Waals surface area contributed by atoms with Gasteiger partial charge in [-0.2, -0.15) is 0 Å². The highest BCUT2D eigenvalue weighted by atomic mass is 19.1. The SMILES string of the molecule is CCc1cccnc1CNc1nccc(C(=O)O)c1F. The zero-order chi connectivity index (χ0) is 14.5. The average molecular weight is 275 g/mol. The Labute approximate surface area is 115 Å². The van der Waals surface area contributed by atoms with Crippen LogP contribution in [0.25, 0.3) is 0 Å². The number of rotatable bonds is 5. The molecule has 0 bridgehead atoms. The minimum Gasteiger partial charge on any atom is -0.478 e. The highest BCUT2D eigenvalue weighted by Gasteiger charge is 2.15. The highest BCUT2D eigenvalue weighted by Crippen LogP contribution is 2.16. The molecule has 0 radical (unpaired) electrons. The summed E-state index contributed by atoms with van der Waals surface area (Å²) in [5, 5.41) is 11.6. The molecule has 0 spiro atoms. The minimum atomic E-state index is -1.32. The van der Waals surface area contributed by atoms with Crippen LogP contribution >= 0.6 is 0 Å². The van der Waals surface area contributed by atoms with Crippen molar-refractivity contribution in [3.8, 4) is 0 Å². The van der Waals surface area contributed by atoms with E-state index in [2.05, 4.69) is 15.3 Å². The van der Waals surface area contributed by atoms with Gasteiger partial charge in [0.15, 0.2) is 11.6 Å². The predicted molar refractivity (Wildman–Crippen MR) is 72.1 cm³/mol. The fourth-order valence-corrected chi connectivity index (χ4v) is 1.85. The number of halogens is 1.